The number of nitrogens with zero attached hydrogens (tertiary/aromatic N) is 3. The second-order valence-corrected chi connectivity index (χ2v) is 7.20. The van der Waals surface area contributed by atoms with Crippen LogP contribution in [-0.2, 0) is 14.8 Å². The Labute approximate surface area is 138 Å². The zero-order chi connectivity index (χ0) is 17.2. The summed E-state index contributed by atoms with van der Waals surface area (Å²) in [6, 6.07) is 12.3. The Bertz CT molecular complexity index is 970. The van der Waals surface area contributed by atoms with Crippen molar-refractivity contribution in [3.63, 3.8) is 0 Å². The minimum absolute atomic E-state index is 0.135. The van der Waals surface area contributed by atoms with Gasteiger partial charge in [0, 0.05) is 7.05 Å². The summed E-state index contributed by atoms with van der Waals surface area (Å²) in [4.78, 5) is 15.8. The van der Waals surface area contributed by atoms with Gasteiger partial charge in [-0.2, -0.15) is 14.4 Å². The van der Waals surface area contributed by atoms with E-state index in [-0.39, 0.29) is 17.4 Å². The van der Waals surface area contributed by atoms with Gasteiger partial charge in [0.2, 0.25) is 21.9 Å². The molecule has 0 aliphatic carbocycles. The van der Waals surface area contributed by atoms with Crippen molar-refractivity contribution in [1.82, 2.24) is 19.5 Å². The molecule has 0 saturated heterocycles. The van der Waals surface area contributed by atoms with Crippen molar-refractivity contribution in [2.24, 2.45) is 0 Å². The smallest absolute Gasteiger partial charge is 0.243 e. The number of aromatic nitrogens is 3. The Balaban J connectivity index is 1.78. The first-order chi connectivity index (χ1) is 11.5. The molecular weight excluding hydrogens is 330 g/mol. The van der Waals surface area contributed by atoms with E-state index in [2.05, 4.69) is 20.5 Å². The standard InChI is InChI=1S/C15H15N5O3S/c1-20(9-14(21)18-15-16-10-17-19-15)24(22,23)13-7-6-11-4-2-3-5-12(11)8-13/h2-8,10H,9H2,1H3,(H2,16,17,18,19,21). The number of carbonyl (C=O) groups excluding carboxylic acids is 1. The average molecular weight is 345 g/mol. The van der Waals surface area contributed by atoms with Gasteiger partial charge in [-0.25, -0.2) is 13.5 Å². The fraction of sp³-hybridized carbons (Fsp3) is 0.133. The Hall–Kier alpha value is -2.78. The predicted molar refractivity (Wildman–Crippen MR) is 88.8 cm³/mol. The summed E-state index contributed by atoms with van der Waals surface area (Å²) in [6.07, 6.45) is 1.24. The first kappa shape index (κ1) is 16.1. The number of fused-ring (bicyclic) bond motifs is 1. The van der Waals surface area contributed by atoms with Gasteiger partial charge in [0.05, 0.1) is 11.4 Å². The monoisotopic (exact) mass is 345 g/mol. The molecule has 124 valence electrons. The third kappa shape index (κ3) is 3.26. The fourth-order valence-electron chi connectivity index (χ4n) is 2.23. The first-order valence-corrected chi connectivity index (χ1v) is 8.51. The molecule has 0 unspecified atom stereocenters. The number of anilines is 1. The fourth-order valence-corrected chi connectivity index (χ4v) is 3.40. The normalized spacial score (nSPS) is 11.8. The Morgan fingerprint density at radius 1 is 1.21 bits per heavy atom. The van der Waals surface area contributed by atoms with Crippen molar-refractivity contribution >= 4 is 32.7 Å². The highest BCUT2D eigenvalue weighted by Crippen LogP contribution is 2.21. The molecule has 1 heterocycles. The number of sulfonamides is 1. The number of nitrogens with one attached hydrogen (secondary N) is 2. The first-order valence-electron chi connectivity index (χ1n) is 7.07. The van der Waals surface area contributed by atoms with Crippen LogP contribution in [0.4, 0.5) is 5.95 Å². The SMILES string of the molecule is CN(CC(=O)Nc1ncn[nH]1)S(=O)(=O)c1ccc2ccccc2c1. The second-order valence-electron chi connectivity index (χ2n) is 5.15. The molecule has 0 fully saturated rings. The van der Waals surface area contributed by atoms with Crippen LogP contribution in [0.5, 0.6) is 0 Å². The summed E-state index contributed by atoms with van der Waals surface area (Å²) >= 11 is 0. The Morgan fingerprint density at radius 3 is 2.67 bits per heavy atom. The summed E-state index contributed by atoms with van der Waals surface area (Å²) in [6.45, 7) is -0.337. The molecule has 2 aromatic carbocycles. The van der Waals surface area contributed by atoms with Crippen LogP contribution < -0.4 is 5.32 Å². The molecule has 2 N–H and O–H groups in total. The summed E-state index contributed by atoms with van der Waals surface area (Å²) in [7, 11) is -2.43. The van der Waals surface area contributed by atoms with Crippen LogP contribution in [0.15, 0.2) is 53.7 Å². The summed E-state index contributed by atoms with van der Waals surface area (Å²) < 4.78 is 26.2. The lowest BCUT2D eigenvalue weighted by atomic mass is 10.1. The van der Waals surface area contributed by atoms with E-state index in [0.29, 0.717) is 0 Å². The maximum atomic E-state index is 12.6. The topological polar surface area (TPSA) is 108 Å². The molecule has 0 aliphatic heterocycles. The van der Waals surface area contributed by atoms with Crippen LogP contribution >= 0.6 is 0 Å². The minimum Gasteiger partial charge on any atom is -0.294 e. The molecule has 1 amide bonds. The van der Waals surface area contributed by atoms with E-state index < -0.39 is 15.9 Å². The van der Waals surface area contributed by atoms with Crippen molar-refractivity contribution in [1.29, 1.82) is 0 Å². The van der Waals surface area contributed by atoms with Crippen LogP contribution in [0.2, 0.25) is 0 Å². The lowest BCUT2D eigenvalue weighted by Gasteiger charge is -2.16. The van der Waals surface area contributed by atoms with Gasteiger partial charge in [-0.05, 0) is 22.9 Å². The maximum absolute atomic E-state index is 12.6. The molecule has 3 rings (SSSR count). The molecule has 0 spiro atoms. The number of likely N-dealkylation sites (N-methyl/N-ethyl adjacent to an activating group) is 1. The molecule has 24 heavy (non-hydrogen) atoms. The van der Waals surface area contributed by atoms with Crippen molar-refractivity contribution in [3.8, 4) is 0 Å². The van der Waals surface area contributed by atoms with Gasteiger partial charge in [0.1, 0.15) is 6.33 Å². The largest absolute Gasteiger partial charge is 0.294 e. The van der Waals surface area contributed by atoms with E-state index in [9.17, 15) is 13.2 Å². The number of benzene rings is 2. The number of rotatable bonds is 5. The van der Waals surface area contributed by atoms with Gasteiger partial charge in [-0.1, -0.05) is 30.3 Å². The molecule has 0 radical (unpaired) electrons. The molecule has 0 atom stereocenters. The molecule has 0 aliphatic rings. The zero-order valence-electron chi connectivity index (χ0n) is 12.8. The average Bonchev–Trinajstić information content (AvgIpc) is 3.07. The van der Waals surface area contributed by atoms with E-state index in [4.69, 9.17) is 0 Å². The number of carbonyl (C=O) groups is 1. The molecule has 0 saturated carbocycles. The van der Waals surface area contributed by atoms with Gasteiger partial charge in [0.25, 0.3) is 0 Å². The lowest BCUT2D eigenvalue weighted by molar-refractivity contribution is -0.116. The Kier molecular flexibility index (Phi) is 4.28. The van der Waals surface area contributed by atoms with Crippen molar-refractivity contribution in [2.45, 2.75) is 4.90 Å². The molecule has 0 bridgehead atoms. The van der Waals surface area contributed by atoms with Crippen molar-refractivity contribution in [2.75, 3.05) is 18.9 Å². The number of amides is 1. The third-order valence-corrected chi connectivity index (χ3v) is 5.27. The van der Waals surface area contributed by atoms with Gasteiger partial charge in [-0.3, -0.25) is 10.1 Å². The summed E-state index contributed by atoms with van der Waals surface area (Å²) in [5.74, 6) is -0.352. The number of hydrogen-bond donors (Lipinski definition) is 2. The van der Waals surface area contributed by atoms with Crippen molar-refractivity contribution in [3.05, 3.63) is 48.8 Å². The summed E-state index contributed by atoms with van der Waals surface area (Å²) in [5, 5.41) is 10.3. The van der Waals surface area contributed by atoms with Gasteiger partial charge in [-0.15, -0.1) is 0 Å². The molecular formula is C15H15N5O3S. The molecule has 3 aromatic rings. The number of hydrogen-bond acceptors (Lipinski definition) is 5. The van der Waals surface area contributed by atoms with Crippen LogP contribution in [0, 0.1) is 0 Å². The summed E-state index contributed by atoms with van der Waals surface area (Å²) in [5.41, 5.74) is 0. The highest BCUT2D eigenvalue weighted by Gasteiger charge is 2.23. The minimum atomic E-state index is -3.78. The van der Waals surface area contributed by atoms with Crippen LogP contribution in [0.3, 0.4) is 0 Å². The van der Waals surface area contributed by atoms with E-state index in [1.165, 1.54) is 19.4 Å². The maximum Gasteiger partial charge on any atom is 0.243 e. The quantitative estimate of drug-likeness (QED) is 0.723. The van der Waals surface area contributed by atoms with Gasteiger partial charge in [0.15, 0.2) is 0 Å². The van der Waals surface area contributed by atoms with Crippen LogP contribution in [-0.4, -0.2) is 47.4 Å². The zero-order valence-corrected chi connectivity index (χ0v) is 13.6. The van der Waals surface area contributed by atoms with E-state index in [0.717, 1.165) is 15.1 Å². The van der Waals surface area contributed by atoms with E-state index in [1.54, 1.807) is 12.1 Å². The Morgan fingerprint density at radius 2 is 1.96 bits per heavy atom. The molecule has 8 nitrogen and oxygen atoms in total. The van der Waals surface area contributed by atoms with Gasteiger partial charge < -0.3 is 0 Å². The third-order valence-electron chi connectivity index (χ3n) is 3.47. The van der Waals surface area contributed by atoms with Crippen LogP contribution in [0.1, 0.15) is 0 Å². The number of aromatic amines is 1. The molecule has 9 heteroatoms. The highest BCUT2D eigenvalue weighted by atomic mass is 32.2. The van der Waals surface area contributed by atoms with Gasteiger partial charge >= 0.3 is 0 Å². The lowest BCUT2D eigenvalue weighted by Crippen LogP contribution is -2.35. The van der Waals surface area contributed by atoms with Crippen molar-refractivity contribution < 1.29 is 13.2 Å². The second kappa shape index (κ2) is 6.38. The predicted octanol–water partition coefficient (Wildman–Crippen LogP) is 1.22. The van der Waals surface area contributed by atoms with E-state index in [1.807, 2.05) is 24.3 Å². The van der Waals surface area contributed by atoms with E-state index >= 15 is 0 Å². The van der Waals surface area contributed by atoms with Crippen LogP contribution in [0.25, 0.3) is 10.8 Å². The molecule has 1 aromatic heterocycles. The highest BCUT2D eigenvalue weighted by molar-refractivity contribution is 7.89. The number of H-pyrrole nitrogens is 1.